The van der Waals surface area contributed by atoms with E-state index in [1.54, 1.807) is 19.1 Å². The number of anilines is 5. The third kappa shape index (κ3) is 10.3. The van der Waals surface area contributed by atoms with Crippen molar-refractivity contribution in [1.82, 2.24) is 14.9 Å². The van der Waals surface area contributed by atoms with Gasteiger partial charge in [-0.3, -0.25) is 0 Å². The Morgan fingerprint density at radius 3 is 2.33 bits per heavy atom. The van der Waals surface area contributed by atoms with Crippen molar-refractivity contribution in [1.29, 1.82) is 0 Å². The van der Waals surface area contributed by atoms with Gasteiger partial charge in [0.1, 0.15) is 17.5 Å². The first-order chi connectivity index (χ1) is 23.2. The van der Waals surface area contributed by atoms with Crippen LogP contribution in [0.1, 0.15) is 12.5 Å². The van der Waals surface area contributed by atoms with Gasteiger partial charge in [0.05, 0.1) is 34.1 Å². The minimum atomic E-state index is -4.76. The van der Waals surface area contributed by atoms with Crippen LogP contribution in [0.5, 0.6) is 0 Å². The van der Waals surface area contributed by atoms with Gasteiger partial charge in [0.2, 0.25) is 5.95 Å². The van der Waals surface area contributed by atoms with E-state index in [1.807, 2.05) is 24.3 Å². The SMILES string of the molecule is CCOC(=O)N=[SH](=O)c1ccc(Nc2ncc(-c3ccc(NC(=O)Nc4cc(C(F)(F)F)ccc4F)c(F)c3)c(NCCN(C)C)n2)cc1. The van der Waals surface area contributed by atoms with Crippen molar-refractivity contribution in [3.63, 3.8) is 0 Å². The molecule has 0 spiro atoms. The number of urea groups is 1. The third-order valence-electron chi connectivity index (χ3n) is 6.50. The molecule has 0 bridgehead atoms. The number of halogens is 5. The highest BCUT2D eigenvalue weighted by Gasteiger charge is 2.31. The van der Waals surface area contributed by atoms with Gasteiger partial charge in [-0.05, 0) is 81.2 Å². The average Bonchev–Trinajstić information content (AvgIpc) is 3.03. The number of rotatable bonds is 11. The van der Waals surface area contributed by atoms with Crippen molar-refractivity contribution in [3.8, 4) is 11.1 Å². The lowest BCUT2D eigenvalue weighted by atomic mass is 10.1. The first-order valence-corrected chi connectivity index (χ1v) is 15.7. The Kier molecular flexibility index (Phi) is 12.0. The van der Waals surface area contributed by atoms with Crippen LogP contribution < -0.4 is 21.3 Å². The molecular weight excluding hydrogens is 675 g/mol. The molecule has 12 nitrogen and oxygen atoms in total. The minimum Gasteiger partial charge on any atom is -0.448 e. The number of aromatic nitrogens is 2. The second-order valence-corrected chi connectivity index (χ2v) is 11.7. The fraction of sp³-hybridized carbons (Fsp3) is 0.226. The standard InChI is InChI=1S/C31H31F5N8O4S/c1-4-48-30(46)43-49(47)21-9-7-20(8-10-21)39-28-38-17-22(27(42-28)37-13-14-44(2)3)18-5-12-25(24(33)15-18)40-29(45)41-26-16-19(31(34,35)36)6-11-23(26)32/h5-12,15-17,49H,4,13-14H2,1-3H3,(H2,40,41,45)(H2,37,38,39,42). The quantitative estimate of drug-likeness (QED) is 0.0823. The fourth-order valence-electron chi connectivity index (χ4n) is 4.13. The molecule has 0 aliphatic heterocycles. The number of carbonyl (C=O) groups is 2. The highest BCUT2D eigenvalue weighted by Crippen LogP contribution is 2.33. The summed E-state index contributed by atoms with van der Waals surface area (Å²) in [6.45, 7) is 2.79. The van der Waals surface area contributed by atoms with Crippen molar-refractivity contribution in [2.75, 3.05) is 55.1 Å². The van der Waals surface area contributed by atoms with E-state index in [9.17, 15) is 31.4 Å². The maximum Gasteiger partial charge on any atom is 0.441 e. The van der Waals surface area contributed by atoms with E-state index in [-0.39, 0.29) is 18.2 Å². The molecule has 4 aromatic rings. The zero-order chi connectivity index (χ0) is 35.7. The van der Waals surface area contributed by atoms with Crippen molar-refractivity contribution < 1.29 is 40.5 Å². The van der Waals surface area contributed by atoms with Crippen LogP contribution in [0.4, 0.5) is 60.4 Å². The van der Waals surface area contributed by atoms with Crippen molar-refractivity contribution in [2.24, 2.45) is 4.36 Å². The number of hydrogen-bond donors (Lipinski definition) is 5. The van der Waals surface area contributed by atoms with Crippen LogP contribution in [0.2, 0.25) is 0 Å². The van der Waals surface area contributed by atoms with Crippen molar-refractivity contribution in [3.05, 3.63) is 84.1 Å². The number of alkyl halides is 3. The van der Waals surface area contributed by atoms with E-state index in [1.165, 1.54) is 30.5 Å². The monoisotopic (exact) mass is 706 g/mol. The summed E-state index contributed by atoms with van der Waals surface area (Å²) in [5, 5.41) is 10.3. The molecule has 260 valence electrons. The van der Waals surface area contributed by atoms with Crippen molar-refractivity contribution >= 4 is 51.5 Å². The van der Waals surface area contributed by atoms with Gasteiger partial charge in [-0.15, -0.1) is 4.36 Å². The molecule has 3 aromatic carbocycles. The molecule has 4 rings (SSSR count). The number of ether oxygens (including phenoxy) is 1. The van der Waals surface area contributed by atoms with Crippen molar-refractivity contribution in [2.45, 2.75) is 18.0 Å². The Bertz CT molecular complexity index is 1900. The van der Waals surface area contributed by atoms with Gasteiger partial charge in [-0.1, -0.05) is 6.07 Å². The number of nitrogens with one attached hydrogen (secondary N) is 4. The summed E-state index contributed by atoms with van der Waals surface area (Å²) < 4.78 is 88.8. The molecule has 1 unspecified atom stereocenters. The Morgan fingerprint density at radius 1 is 0.959 bits per heavy atom. The second kappa shape index (κ2) is 16.2. The molecule has 0 aliphatic rings. The lowest BCUT2D eigenvalue weighted by Gasteiger charge is -2.16. The fourth-order valence-corrected chi connectivity index (χ4v) is 4.85. The van der Waals surface area contributed by atoms with Gasteiger partial charge >= 0.3 is 18.3 Å². The first-order valence-electron chi connectivity index (χ1n) is 14.5. The van der Waals surface area contributed by atoms with Gasteiger partial charge in [0.25, 0.3) is 0 Å². The number of likely N-dealkylation sites (N-methyl/N-ethyl adjacent to an activating group) is 1. The summed E-state index contributed by atoms with van der Waals surface area (Å²) in [5.41, 5.74) is -0.980. The second-order valence-electron chi connectivity index (χ2n) is 10.4. The van der Waals surface area contributed by atoms with Gasteiger partial charge in [-0.2, -0.15) is 18.2 Å². The van der Waals surface area contributed by atoms with Gasteiger partial charge in [0, 0.05) is 35.4 Å². The largest absolute Gasteiger partial charge is 0.448 e. The number of carbonyl (C=O) groups excluding carboxylic acids is 2. The zero-order valence-corrected chi connectivity index (χ0v) is 27.1. The Morgan fingerprint density at radius 2 is 1.67 bits per heavy atom. The molecule has 49 heavy (non-hydrogen) atoms. The predicted molar refractivity (Wildman–Crippen MR) is 175 cm³/mol. The van der Waals surface area contributed by atoms with E-state index in [0.717, 1.165) is 6.07 Å². The third-order valence-corrected chi connectivity index (χ3v) is 7.58. The Hall–Kier alpha value is -5.36. The summed E-state index contributed by atoms with van der Waals surface area (Å²) in [6.07, 6.45) is -4.24. The lowest BCUT2D eigenvalue weighted by molar-refractivity contribution is -0.137. The van der Waals surface area contributed by atoms with Crippen LogP contribution in [0.3, 0.4) is 0 Å². The zero-order valence-electron chi connectivity index (χ0n) is 26.2. The average molecular weight is 707 g/mol. The number of thiol groups is 1. The number of hydrogen-bond acceptors (Lipinski definition) is 9. The lowest BCUT2D eigenvalue weighted by Crippen LogP contribution is -2.21. The number of amides is 3. The normalized spacial score (nSPS) is 12.0. The molecule has 0 saturated heterocycles. The van der Waals surface area contributed by atoms with Crippen LogP contribution in [0, 0.1) is 11.6 Å². The summed E-state index contributed by atoms with van der Waals surface area (Å²) in [4.78, 5) is 35.0. The molecule has 0 saturated carbocycles. The smallest absolute Gasteiger partial charge is 0.441 e. The molecule has 0 radical (unpaired) electrons. The summed E-state index contributed by atoms with van der Waals surface area (Å²) >= 11 is 0. The summed E-state index contributed by atoms with van der Waals surface area (Å²) in [6, 6.07) is 10.4. The van der Waals surface area contributed by atoms with E-state index < -0.39 is 51.8 Å². The van der Waals surface area contributed by atoms with E-state index in [2.05, 4.69) is 35.0 Å². The van der Waals surface area contributed by atoms with Gasteiger partial charge in [0.15, 0.2) is 0 Å². The minimum absolute atomic E-state index is 0.105. The molecule has 0 fully saturated rings. The molecule has 18 heteroatoms. The predicted octanol–water partition coefficient (Wildman–Crippen LogP) is 6.98. The van der Waals surface area contributed by atoms with E-state index in [4.69, 9.17) is 0 Å². The highest BCUT2D eigenvalue weighted by molar-refractivity contribution is 7.75. The Balaban J connectivity index is 1.52. The van der Waals surface area contributed by atoms with Crippen LogP contribution in [0.25, 0.3) is 11.1 Å². The molecular formula is C31H31F5N8O4S. The Labute approximate surface area is 279 Å². The number of nitrogens with zero attached hydrogens (tertiary/aromatic N) is 4. The maximum absolute atomic E-state index is 15.2. The van der Waals surface area contributed by atoms with Crippen LogP contribution in [0.15, 0.2) is 76.1 Å². The van der Waals surface area contributed by atoms with Crippen LogP contribution >= 0.6 is 0 Å². The molecule has 0 aliphatic carbocycles. The van der Waals surface area contributed by atoms with E-state index >= 15 is 4.39 Å². The first kappa shape index (κ1) is 36.5. The number of benzene rings is 3. The van der Waals surface area contributed by atoms with E-state index in [0.29, 0.717) is 58.8 Å². The molecule has 4 N–H and O–H groups in total. The topological polar surface area (TPSA) is 150 Å². The van der Waals surface area contributed by atoms with Crippen LogP contribution in [-0.4, -0.2) is 65.0 Å². The van der Waals surface area contributed by atoms with Gasteiger partial charge < -0.3 is 30.9 Å². The van der Waals surface area contributed by atoms with Gasteiger partial charge in [-0.25, -0.2) is 27.6 Å². The molecule has 1 atom stereocenters. The highest BCUT2D eigenvalue weighted by atomic mass is 32.2. The molecule has 1 heterocycles. The maximum atomic E-state index is 15.2. The van der Waals surface area contributed by atoms with Crippen LogP contribution in [-0.2, 0) is 21.5 Å². The molecule has 1 aromatic heterocycles. The summed E-state index contributed by atoms with van der Waals surface area (Å²) in [5.74, 6) is -1.50. The molecule has 3 amide bonds. The summed E-state index contributed by atoms with van der Waals surface area (Å²) in [7, 11) is 1.40.